The summed E-state index contributed by atoms with van der Waals surface area (Å²) in [6.07, 6.45) is 1.40. The van der Waals surface area contributed by atoms with Gasteiger partial charge in [0.25, 0.3) is 16.1 Å². The zero-order valence-corrected chi connectivity index (χ0v) is 14.9. The fourth-order valence-electron chi connectivity index (χ4n) is 2.34. The van der Waals surface area contributed by atoms with Crippen LogP contribution in [0, 0.1) is 0 Å². The van der Waals surface area contributed by atoms with Gasteiger partial charge in [0.2, 0.25) is 0 Å². The lowest BCUT2D eigenvalue weighted by molar-refractivity contribution is 0.0993. The van der Waals surface area contributed by atoms with Crippen molar-refractivity contribution in [3.05, 3.63) is 78.3 Å². The van der Waals surface area contributed by atoms with Crippen molar-refractivity contribution in [2.45, 2.75) is 6.61 Å². The molecule has 9 heteroatoms. The van der Waals surface area contributed by atoms with E-state index >= 15 is 0 Å². The number of rotatable bonds is 7. The highest BCUT2D eigenvalue weighted by atomic mass is 32.2. The van der Waals surface area contributed by atoms with E-state index in [1.54, 1.807) is 18.2 Å². The monoisotopic (exact) mass is 387 g/mol. The van der Waals surface area contributed by atoms with Crippen LogP contribution in [0.4, 0.5) is 11.4 Å². The summed E-state index contributed by atoms with van der Waals surface area (Å²) >= 11 is 0. The van der Waals surface area contributed by atoms with Crippen molar-refractivity contribution in [3.63, 3.8) is 0 Å². The maximum Gasteiger partial charge on any atom is 0.296 e. The number of hydrogen-bond acceptors (Lipinski definition) is 5. The third kappa shape index (κ3) is 5.33. The Morgan fingerprint density at radius 2 is 1.78 bits per heavy atom. The fourth-order valence-corrected chi connectivity index (χ4v) is 2.79. The second kappa shape index (κ2) is 7.94. The van der Waals surface area contributed by atoms with Gasteiger partial charge in [-0.15, -0.1) is 0 Å². The zero-order valence-electron chi connectivity index (χ0n) is 14.1. The summed E-state index contributed by atoms with van der Waals surface area (Å²) < 4.78 is 35.3. The van der Waals surface area contributed by atoms with Crippen LogP contribution in [-0.4, -0.2) is 14.3 Å². The van der Waals surface area contributed by atoms with Crippen LogP contribution in [0.2, 0.25) is 0 Å². The Bertz CT molecular complexity index is 1030. The number of anilines is 2. The van der Waals surface area contributed by atoms with Gasteiger partial charge in [0.05, 0.1) is 12.0 Å². The molecule has 0 spiro atoms. The Morgan fingerprint density at radius 1 is 1.04 bits per heavy atom. The highest BCUT2D eigenvalue weighted by molar-refractivity contribution is 7.90. The van der Waals surface area contributed by atoms with Crippen molar-refractivity contribution in [3.8, 4) is 5.75 Å². The molecule has 0 bridgehead atoms. The lowest BCUT2D eigenvalue weighted by Gasteiger charge is -2.09. The average molecular weight is 387 g/mol. The molecule has 1 aromatic heterocycles. The van der Waals surface area contributed by atoms with Crippen LogP contribution in [0.15, 0.2) is 71.3 Å². The first-order valence-electron chi connectivity index (χ1n) is 7.87. The van der Waals surface area contributed by atoms with Crippen LogP contribution in [0.1, 0.15) is 16.1 Å². The van der Waals surface area contributed by atoms with Crippen molar-refractivity contribution in [1.82, 2.24) is 0 Å². The highest BCUT2D eigenvalue weighted by Crippen LogP contribution is 2.19. The van der Waals surface area contributed by atoms with Crippen LogP contribution in [-0.2, 0) is 16.8 Å². The van der Waals surface area contributed by atoms with Gasteiger partial charge in [-0.1, -0.05) is 24.3 Å². The molecule has 0 fully saturated rings. The summed E-state index contributed by atoms with van der Waals surface area (Å²) in [5.74, 6) is 0.294. The molecule has 0 aliphatic carbocycles. The molecule has 3 rings (SSSR count). The smallest absolute Gasteiger partial charge is 0.296 e. The Balaban J connectivity index is 1.69. The number of ether oxygens (including phenoxy) is 1. The molecule has 4 N–H and O–H groups in total. The van der Waals surface area contributed by atoms with Crippen molar-refractivity contribution >= 4 is 27.5 Å². The van der Waals surface area contributed by atoms with Gasteiger partial charge >= 0.3 is 0 Å². The Hall–Kier alpha value is -3.30. The number of nitrogens with one attached hydrogen (secondary N) is 2. The molecule has 0 saturated heterocycles. The number of hydrogen-bond donors (Lipinski definition) is 3. The van der Waals surface area contributed by atoms with Gasteiger partial charge < -0.3 is 14.5 Å². The summed E-state index contributed by atoms with van der Waals surface area (Å²) in [4.78, 5) is 12.5. The van der Waals surface area contributed by atoms with Crippen molar-refractivity contribution in [2.75, 3.05) is 10.0 Å². The second-order valence-corrected chi connectivity index (χ2v) is 6.85. The molecule has 8 nitrogen and oxygen atoms in total. The van der Waals surface area contributed by atoms with Crippen LogP contribution in [0.5, 0.6) is 5.75 Å². The van der Waals surface area contributed by atoms with Crippen LogP contribution < -0.4 is 19.9 Å². The van der Waals surface area contributed by atoms with E-state index in [1.165, 1.54) is 18.4 Å². The molecule has 0 aliphatic rings. The minimum atomic E-state index is -3.90. The van der Waals surface area contributed by atoms with Crippen LogP contribution >= 0.6 is 0 Å². The molecule has 0 saturated carbocycles. The molecule has 1 heterocycles. The zero-order chi connectivity index (χ0) is 19.3. The molecule has 140 valence electrons. The maximum absolute atomic E-state index is 12.5. The minimum absolute atomic E-state index is 0.107. The molecule has 0 radical (unpaired) electrons. The molecule has 0 aliphatic heterocycles. The van der Waals surface area contributed by atoms with E-state index in [-0.39, 0.29) is 18.1 Å². The standard InChI is InChI=1S/C18H17N3O5S/c19-27(23,24)21-15-6-4-5-14(11-15)20-18(22)17-13(9-10-25-17)12-26-16-7-2-1-3-8-16/h1-11,21H,12H2,(H,20,22)(H2,19,23,24). The van der Waals surface area contributed by atoms with E-state index in [1.807, 2.05) is 30.3 Å². The summed E-state index contributed by atoms with van der Waals surface area (Å²) in [7, 11) is -3.90. The third-order valence-corrected chi connectivity index (χ3v) is 3.99. The van der Waals surface area contributed by atoms with E-state index in [0.29, 0.717) is 17.0 Å². The molecular weight excluding hydrogens is 370 g/mol. The lowest BCUT2D eigenvalue weighted by Crippen LogP contribution is -2.21. The number of nitrogens with two attached hydrogens (primary N) is 1. The van der Waals surface area contributed by atoms with Crippen LogP contribution in [0.3, 0.4) is 0 Å². The molecule has 3 aromatic rings. The van der Waals surface area contributed by atoms with Gasteiger partial charge in [-0.3, -0.25) is 9.52 Å². The van der Waals surface area contributed by atoms with Crippen molar-refractivity contribution < 1.29 is 22.4 Å². The first kappa shape index (κ1) is 18.5. The van der Waals surface area contributed by atoms with Crippen molar-refractivity contribution in [2.24, 2.45) is 5.14 Å². The summed E-state index contributed by atoms with van der Waals surface area (Å²) in [6, 6.07) is 17.0. The van der Waals surface area contributed by atoms with Gasteiger partial charge in [0.15, 0.2) is 5.76 Å². The Kier molecular flexibility index (Phi) is 5.43. The highest BCUT2D eigenvalue weighted by Gasteiger charge is 2.16. The SMILES string of the molecule is NS(=O)(=O)Nc1cccc(NC(=O)c2occc2COc2ccccc2)c1. The number of furan rings is 1. The van der Waals surface area contributed by atoms with Gasteiger partial charge in [0, 0.05) is 11.3 Å². The van der Waals surface area contributed by atoms with Gasteiger partial charge in [0.1, 0.15) is 12.4 Å². The maximum atomic E-state index is 12.5. The number of amides is 1. The molecule has 2 aromatic carbocycles. The van der Waals surface area contributed by atoms with Gasteiger partial charge in [-0.05, 0) is 36.4 Å². The topological polar surface area (TPSA) is 124 Å². The number of benzene rings is 2. The molecule has 0 atom stereocenters. The third-order valence-electron chi connectivity index (χ3n) is 3.47. The molecule has 0 unspecified atom stereocenters. The number of para-hydroxylation sites is 1. The summed E-state index contributed by atoms with van der Waals surface area (Å²) in [5.41, 5.74) is 1.18. The lowest BCUT2D eigenvalue weighted by atomic mass is 10.2. The minimum Gasteiger partial charge on any atom is -0.489 e. The van der Waals surface area contributed by atoms with E-state index in [0.717, 1.165) is 0 Å². The first-order chi connectivity index (χ1) is 12.9. The summed E-state index contributed by atoms with van der Waals surface area (Å²) in [6.45, 7) is 0.163. The quantitative estimate of drug-likeness (QED) is 0.575. The summed E-state index contributed by atoms with van der Waals surface area (Å²) in [5, 5.41) is 7.59. The van der Waals surface area contributed by atoms with E-state index in [9.17, 15) is 13.2 Å². The van der Waals surface area contributed by atoms with Gasteiger partial charge in [-0.2, -0.15) is 8.42 Å². The van der Waals surface area contributed by atoms with E-state index in [2.05, 4.69) is 10.0 Å². The number of carbonyl (C=O) groups excluding carboxylic acids is 1. The largest absolute Gasteiger partial charge is 0.489 e. The Labute approximate surface area is 156 Å². The number of carbonyl (C=O) groups is 1. The predicted octanol–water partition coefficient (Wildman–Crippen LogP) is 2.73. The van der Waals surface area contributed by atoms with Crippen molar-refractivity contribution in [1.29, 1.82) is 0 Å². The van der Waals surface area contributed by atoms with Gasteiger partial charge in [-0.25, -0.2) is 5.14 Å². The predicted molar refractivity (Wildman–Crippen MR) is 101 cm³/mol. The van der Waals surface area contributed by atoms with Crippen LogP contribution in [0.25, 0.3) is 0 Å². The van der Waals surface area contributed by atoms with E-state index in [4.69, 9.17) is 14.3 Å². The molecule has 1 amide bonds. The van der Waals surface area contributed by atoms with E-state index < -0.39 is 16.1 Å². The average Bonchev–Trinajstić information content (AvgIpc) is 3.08. The molecular formula is C18H17N3O5S. The normalized spacial score (nSPS) is 11.0. The molecule has 27 heavy (non-hydrogen) atoms. The first-order valence-corrected chi connectivity index (χ1v) is 9.41. The Morgan fingerprint density at radius 3 is 2.52 bits per heavy atom. The second-order valence-electron chi connectivity index (χ2n) is 5.56. The fraction of sp³-hybridized carbons (Fsp3) is 0.0556.